The number of fused-ring (bicyclic) bond motifs is 2. The Morgan fingerprint density at radius 1 is 1.17 bits per heavy atom. The number of nitrogens with zero attached hydrogens (tertiary/aromatic N) is 4. The summed E-state index contributed by atoms with van der Waals surface area (Å²) in [5, 5.41) is 3.68. The molecule has 3 atom stereocenters. The van der Waals surface area contributed by atoms with E-state index in [0.29, 0.717) is 22.9 Å². The third-order valence-electron chi connectivity index (χ3n) is 7.83. The Kier molecular flexibility index (Phi) is 4.95. The number of carbonyl (C=O) groups excluding carboxylic acids is 2. The second kappa shape index (κ2) is 7.54. The van der Waals surface area contributed by atoms with Crippen LogP contribution in [0.5, 0.6) is 0 Å². The largest absolute Gasteiger partial charge is 0.433 e. The number of piperazine rings is 1. The van der Waals surface area contributed by atoms with Gasteiger partial charge in [0, 0.05) is 31.5 Å². The smallest absolute Gasteiger partial charge is 0.339 e. The van der Waals surface area contributed by atoms with E-state index in [2.05, 4.69) is 5.10 Å². The van der Waals surface area contributed by atoms with Crippen LogP contribution >= 0.6 is 11.6 Å². The molecule has 188 valence electrons. The van der Waals surface area contributed by atoms with Crippen molar-refractivity contribution in [1.29, 1.82) is 0 Å². The molecule has 0 bridgehead atoms. The molecule has 3 heterocycles. The zero-order valence-corrected chi connectivity index (χ0v) is 19.3. The first-order chi connectivity index (χ1) is 16.4. The van der Waals surface area contributed by atoms with E-state index in [1.54, 1.807) is 0 Å². The van der Waals surface area contributed by atoms with Gasteiger partial charge in [-0.2, -0.15) is 18.3 Å². The van der Waals surface area contributed by atoms with E-state index in [9.17, 15) is 31.5 Å². The highest BCUT2D eigenvalue weighted by Gasteiger charge is 2.65. The highest BCUT2D eigenvalue weighted by atomic mass is 35.5. The monoisotopic (exact) mass is 516 g/mol. The summed E-state index contributed by atoms with van der Waals surface area (Å²) in [5.41, 5.74) is -0.905. The van der Waals surface area contributed by atoms with Crippen molar-refractivity contribution >= 4 is 28.9 Å². The number of alkyl halides is 5. The van der Waals surface area contributed by atoms with Crippen LogP contribution in [-0.2, 0) is 11.0 Å². The number of carbonyl (C=O) groups is 2. The summed E-state index contributed by atoms with van der Waals surface area (Å²) in [6, 6.07) is 2.56. The van der Waals surface area contributed by atoms with Crippen LogP contribution in [0.25, 0.3) is 5.52 Å². The molecule has 0 spiro atoms. The van der Waals surface area contributed by atoms with E-state index in [1.165, 1.54) is 11.0 Å². The third-order valence-corrected chi connectivity index (χ3v) is 8.21. The molecule has 4 aliphatic rings. The Morgan fingerprint density at radius 3 is 2.51 bits per heavy atom. The SMILES string of the molecule is O=C1CN(C(=O)c2nn3c(C(F)(F)F)cc(C4CC4)cc3c2Cl)CCN1C[C@@H]1CC2C[C@H]2C1(F)F. The molecule has 3 saturated carbocycles. The zero-order chi connectivity index (χ0) is 24.9. The Balaban J connectivity index is 1.22. The van der Waals surface area contributed by atoms with Crippen molar-refractivity contribution in [3.8, 4) is 0 Å². The predicted molar refractivity (Wildman–Crippen MR) is 114 cm³/mol. The molecule has 1 saturated heterocycles. The van der Waals surface area contributed by atoms with E-state index in [0.717, 1.165) is 23.8 Å². The van der Waals surface area contributed by atoms with E-state index in [-0.39, 0.29) is 54.2 Å². The van der Waals surface area contributed by atoms with Crippen molar-refractivity contribution in [2.45, 2.75) is 43.7 Å². The fourth-order valence-corrected chi connectivity index (χ4v) is 5.87. The summed E-state index contributed by atoms with van der Waals surface area (Å²) in [4.78, 5) is 28.3. The highest BCUT2D eigenvalue weighted by Crippen LogP contribution is 2.62. The summed E-state index contributed by atoms with van der Waals surface area (Å²) in [5.74, 6) is -5.43. The maximum atomic E-state index is 14.4. The molecule has 2 aromatic rings. The summed E-state index contributed by atoms with van der Waals surface area (Å²) < 4.78 is 70.6. The molecular formula is C23H22ClF5N4O2. The first kappa shape index (κ1) is 23.0. The lowest BCUT2D eigenvalue weighted by Gasteiger charge is -2.36. The Morgan fingerprint density at radius 2 is 1.91 bits per heavy atom. The van der Waals surface area contributed by atoms with Crippen molar-refractivity contribution in [2.24, 2.45) is 17.8 Å². The van der Waals surface area contributed by atoms with Crippen LogP contribution in [0.4, 0.5) is 22.0 Å². The molecule has 1 aliphatic heterocycles. The number of halogens is 6. The molecule has 12 heteroatoms. The van der Waals surface area contributed by atoms with Crippen LogP contribution < -0.4 is 0 Å². The predicted octanol–water partition coefficient (Wildman–Crippen LogP) is 4.46. The van der Waals surface area contributed by atoms with Gasteiger partial charge in [-0.3, -0.25) is 9.59 Å². The molecule has 0 N–H and O–H groups in total. The van der Waals surface area contributed by atoms with Gasteiger partial charge in [-0.15, -0.1) is 0 Å². The van der Waals surface area contributed by atoms with Crippen LogP contribution in [0.15, 0.2) is 12.1 Å². The average molecular weight is 517 g/mol. The molecule has 0 radical (unpaired) electrons. The van der Waals surface area contributed by atoms with Crippen LogP contribution in [-0.4, -0.2) is 63.3 Å². The third kappa shape index (κ3) is 3.77. The van der Waals surface area contributed by atoms with Gasteiger partial charge in [0.15, 0.2) is 5.69 Å². The molecule has 2 aromatic heterocycles. The summed E-state index contributed by atoms with van der Waals surface area (Å²) in [7, 11) is 0. The van der Waals surface area contributed by atoms with Gasteiger partial charge in [-0.25, -0.2) is 13.3 Å². The van der Waals surface area contributed by atoms with E-state index >= 15 is 0 Å². The Hall–Kier alpha value is -2.43. The van der Waals surface area contributed by atoms with Gasteiger partial charge in [0.1, 0.15) is 12.2 Å². The number of amides is 2. The van der Waals surface area contributed by atoms with Crippen molar-refractivity contribution in [3.05, 3.63) is 34.1 Å². The lowest BCUT2D eigenvalue weighted by Crippen LogP contribution is -2.54. The minimum Gasteiger partial charge on any atom is -0.339 e. The minimum atomic E-state index is -4.71. The fraction of sp³-hybridized carbons (Fsp3) is 0.609. The van der Waals surface area contributed by atoms with Crippen LogP contribution in [0.1, 0.15) is 53.3 Å². The number of hydrogen-bond donors (Lipinski definition) is 0. The average Bonchev–Trinajstić information content (AvgIpc) is 3.70. The van der Waals surface area contributed by atoms with E-state index in [1.807, 2.05) is 0 Å². The maximum Gasteiger partial charge on any atom is 0.433 e. The first-order valence-corrected chi connectivity index (χ1v) is 12.1. The highest BCUT2D eigenvalue weighted by molar-refractivity contribution is 6.36. The summed E-state index contributed by atoms with van der Waals surface area (Å²) in [6.07, 6.45) is -2.21. The van der Waals surface area contributed by atoms with Gasteiger partial charge in [-0.05, 0) is 55.2 Å². The zero-order valence-electron chi connectivity index (χ0n) is 18.5. The normalized spacial score (nSPS) is 28.1. The Labute approximate surface area is 202 Å². The maximum absolute atomic E-state index is 14.4. The van der Waals surface area contributed by atoms with Gasteiger partial charge in [0.25, 0.3) is 11.8 Å². The second-order valence-corrected chi connectivity index (χ2v) is 10.6. The fourth-order valence-electron chi connectivity index (χ4n) is 5.62. The van der Waals surface area contributed by atoms with Crippen molar-refractivity contribution in [2.75, 3.05) is 26.2 Å². The number of pyridine rings is 1. The number of hydrogen-bond acceptors (Lipinski definition) is 3. The molecule has 1 unspecified atom stereocenters. The lowest BCUT2D eigenvalue weighted by molar-refractivity contribution is -0.142. The number of rotatable bonds is 4. The Bertz CT molecular complexity index is 1240. The van der Waals surface area contributed by atoms with E-state index in [4.69, 9.17) is 11.6 Å². The molecular weight excluding hydrogens is 495 g/mol. The van der Waals surface area contributed by atoms with Gasteiger partial charge >= 0.3 is 6.18 Å². The molecule has 6 nitrogen and oxygen atoms in total. The molecule has 35 heavy (non-hydrogen) atoms. The van der Waals surface area contributed by atoms with Crippen molar-refractivity contribution in [3.63, 3.8) is 0 Å². The standard InChI is InChI=1S/C23H22ClF5N4O2/c24-19-16-7-12(11-1-2-11)8-17(23(27,28)29)33(16)30-20(19)21(35)32-4-3-31(18(34)10-32)9-14-5-13-6-15(13)22(14,25)26/h7-8,11,13-15H,1-6,9-10H2/t13?,14-,15+/m0/s1. The summed E-state index contributed by atoms with van der Waals surface area (Å²) >= 11 is 6.34. The summed E-state index contributed by atoms with van der Waals surface area (Å²) in [6.45, 7) is -0.307. The van der Waals surface area contributed by atoms with Crippen LogP contribution in [0.2, 0.25) is 5.02 Å². The minimum absolute atomic E-state index is 0.0151. The van der Waals surface area contributed by atoms with Gasteiger partial charge in [0.05, 0.1) is 10.5 Å². The molecule has 3 aliphatic carbocycles. The topological polar surface area (TPSA) is 57.9 Å². The van der Waals surface area contributed by atoms with Gasteiger partial charge < -0.3 is 9.80 Å². The molecule has 2 amide bonds. The molecule has 6 rings (SSSR count). The van der Waals surface area contributed by atoms with Gasteiger partial charge in [0.2, 0.25) is 5.91 Å². The van der Waals surface area contributed by atoms with E-state index < -0.39 is 41.4 Å². The lowest BCUT2D eigenvalue weighted by atomic mass is 9.98. The molecule has 4 fully saturated rings. The second-order valence-electron chi connectivity index (χ2n) is 10.2. The van der Waals surface area contributed by atoms with Gasteiger partial charge in [-0.1, -0.05) is 11.6 Å². The quantitative estimate of drug-likeness (QED) is 0.564. The number of aromatic nitrogens is 2. The first-order valence-electron chi connectivity index (χ1n) is 11.7. The van der Waals surface area contributed by atoms with Crippen molar-refractivity contribution in [1.82, 2.24) is 19.4 Å². The van der Waals surface area contributed by atoms with Crippen molar-refractivity contribution < 1.29 is 31.5 Å². The molecule has 0 aromatic carbocycles. The van der Waals surface area contributed by atoms with Crippen LogP contribution in [0, 0.1) is 17.8 Å². The van der Waals surface area contributed by atoms with Crippen LogP contribution in [0.3, 0.4) is 0 Å².